The third-order valence-corrected chi connectivity index (χ3v) is 4.52. The Labute approximate surface area is 127 Å². The fourth-order valence-corrected chi connectivity index (χ4v) is 3.13. The van der Waals surface area contributed by atoms with Crippen molar-refractivity contribution in [3.05, 3.63) is 29.8 Å². The molecule has 0 bridgehead atoms. The summed E-state index contributed by atoms with van der Waals surface area (Å²) in [6.07, 6.45) is 4.36. The summed E-state index contributed by atoms with van der Waals surface area (Å²) in [6, 6.07) is 7.82. The largest absolute Gasteiger partial charge is 0.497 e. The highest BCUT2D eigenvalue weighted by atomic mass is 16.5. The molecule has 4 heteroatoms. The standard InChI is InChI=1S/C17H26N2O2/c1-12(13-7-9-15(21-2)10-8-13)19-17(20)16-6-4-3-5-14(16)11-18/h7-10,12,14,16H,3-6,11,18H2,1-2H3,(H,19,20)/t12-,14?,16?/m0/s1. The van der Waals surface area contributed by atoms with Gasteiger partial charge in [-0.2, -0.15) is 0 Å². The molecule has 0 spiro atoms. The minimum Gasteiger partial charge on any atom is -0.497 e. The second kappa shape index (κ2) is 7.46. The Hall–Kier alpha value is -1.55. The van der Waals surface area contributed by atoms with Crippen molar-refractivity contribution < 1.29 is 9.53 Å². The van der Waals surface area contributed by atoms with Gasteiger partial charge in [0.25, 0.3) is 0 Å². The van der Waals surface area contributed by atoms with Gasteiger partial charge >= 0.3 is 0 Å². The van der Waals surface area contributed by atoms with Crippen molar-refractivity contribution >= 4 is 5.91 Å². The van der Waals surface area contributed by atoms with Crippen LogP contribution in [0.1, 0.15) is 44.2 Å². The van der Waals surface area contributed by atoms with Crippen molar-refractivity contribution in [3.8, 4) is 5.75 Å². The van der Waals surface area contributed by atoms with Crippen molar-refractivity contribution in [1.29, 1.82) is 0 Å². The molecule has 1 aliphatic carbocycles. The van der Waals surface area contributed by atoms with Crippen molar-refractivity contribution in [1.82, 2.24) is 5.32 Å². The molecule has 1 aromatic carbocycles. The van der Waals surface area contributed by atoms with E-state index in [1.165, 1.54) is 6.42 Å². The first-order valence-electron chi connectivity index (χ1n) is 7.80. The van der Waals surface area contributed by atoms with Crippen LogP contribution in [-0.2, 0) is 4.79 Å². The first kappa shape index (κ1) is 15.8. The Morgan fingerprint density at radius 2 is 2.00 bits per heavy atom. The summed E-state index contributed by atoms with van der Waals surface area (Å²) < 4.78 is 5.15. The third-order valence-electron chi connectivity index (χ3n) is 4.52. The summed E-state index contributed by atoms with van der Waals surface area (Å²) in [5.41, 5.74) is 6.90. The molecule has 21 heavy (non-hydrogen) atoms. The maximum absolute atomic E-state index is 12.5. The molecule has 2 rings (SSSR count). The minimum absolute atomic E-state index is 0.00348. The molecule has 4 nitrogen and oxygen atoms in total. The van der Waals surface area contributed by atoms with E-state index in [4.69, 9.17) is 10.5 Å². The lowest BCUT2D eigenvalue weighted by molar-refractivity contribution is -0.128. The van der Waals surface area contributed by atoms with Gasteiger partial charge in [-0.05, 0) is 49.9 Å². The van der Waals surface area contributed by atoms with Crippen LogP contribution in [0.5, 0.6) is 5.75 Å². The number of nitrogens with two attached hydrogens (primary N) is 1. The summed E-state index contributed by atoms with van der Waals surface area (Å²) >= 11 is 0. The molecule has 1 aliphatic rings. The summed E-state index contributed by atoms with van der Waals surface area (Å²) in [4.78, 5) is 12.5. The first-order chi connectivity index (χ1) is 10.2. The van der Waals surface area contributed by atoms with Gasteiger partial charge in [0.1, 0.15) is 5.75 Å². The molecule has 3 atom stereocenters. The average molecular weight is 290 g/mol. The van der Waals surface area contributed by atoms with Gasteiger partial charge in [-0.3, -0.25) is 4.79 Å². The van der Waals surface area contributed by atoms with Crippen LogP contribution in [-0.4, -0.2) is 19.6 Å². The molecule has 2 unspecified atom stereocenters. The SMILES string of the molecule is COc1ccc([C@H](C)NC(=O)C2CCCCC2CN)cc1. The molecule has 1 amide bonds. The third kappa shape index (κ3) is 3.97. The van der Waals surface area contributed by atoms with E-state index in [1.54, 1.807) is 7.11 Å². The highest BCUT2D eigenvalue weighted by Gasteiger charge is 2.30. The van der Waals surface area contributed by atoms with E-state index in [2.05, 4.69) is 5.32 Å². The Kier molecular flexibility index (Phi) is 5.62. The highest BCUT2D eigenvalue weighted by Crippen LogP contribution is 2.30. The smallest absolute Gasteiger partial charge is 0.223 e. The zero-order valence-corrected chi connectivity index (χ0v) is 13.0. The van der Waals surface area contributed by atoms with Crippen LogP contribution in [0, 0.1) is 11.8 Å². The Morgan fingerprint density at radius 1 is 1.33 bits per heavy atom. The van der Waals surface area contributed by atoms with Crippen LogP contribution in [0.25, 0.3) is 0 Å². The maximum Gasteiger partial charge on any atom is 0.223 e. The number of methoxy groups -OCH3 is 1. The number of benzene rings is 1. The molecule has 1 aromatic rings. The number of carbonyl (C=O) groups is 1. The maximum atomic E-state index is 12.5. The number of hydrogen-bond acceptors (Lipinski definition) is 3. The fourth-order valence-electron chi connectivity index (χ4n) is 3.13. The zero-order chi connectivity index (χ0) is 15.2. The molecule has 0 radical (unpaired) electrons. The lowest BCUT2D eigenvalue weighted by atomic mass is 9.78. The summed E-state index contributed by atoms with van der Waals surface area (Å²) in [5, 5.41) is 3.13. The predicted octanol–water partition coefficient (Wildman–Crippen LogP) is 2.64. The quantitative estimate of drug-likeness (QED) is 0.876. The Bertz CT molecular complexity index is 458. The van der Waals surface area contributed by atoms with E-state index in [-0.39, 0.29) is 17.9 Å². The number of carbonyl (C=O) groups excluding carboxylic acids is 1. The van der Waals surface area contributed by atoms with E-state index in [1.807, 2.05) is 31.2 Å². The van der Waals surface area contributed by atoms with Crippen molar-refractivity contribution in [2.75, 3.05) is 13.7 Å². The van der Waals surface area contributed by atoms with Crippen LogP contribution >= 0.6 is 0 Å². The number of hydrogen-bond donors (Lipinski definition) is 2. The van der Waals surface area contributed by atoms with Gasteiger partial charge in [0.15, 0.2) is 0 Å². The van der Waals surface area contributed by atoms with Gasteiger partial charge in [0.2, 0.25) is 5.91 Å². The van der Waals surface area contributed by atoms with Crippen LogP contribution in [0.3, 0.4) is 0 Å². The predicted molar refractivity (Wildman–Crippen MR) is 84.1 cm³/mol. The lowest BCUT2D eigenvalue weighted by Gasteiger charge is -2.30. The topological polar surface area (TPSA) is 64.3 Å². The molecular formula is C17H26N2O2. The van der Waals surface area contributed by atoms with Gasteiger partial charge in [-0.1, -0.05) is 25.0 Å². The van der Waals surface area contributed by atoms with Gasteiger partial charge in [0.05, 0.1) is 13.2 Å². The van der Waals surface area contributed by atoms with Crippen molar-refractivity contribution in [2.24, 2.45) is 17.6 Å². The fraction of sp³-hybridized carbons (Fsp3) is 0.588. The number of rotatable bonds is 5. The highest BCUT2D eigenvalue weighted by molar-refractivity contribution is 5.79. The monoisotopic (exact) mass is 290 g/mol. The van der Waals surface area contributed by atoms with Crippen LogP contribution < -0.4 is 15.8 Å². The second-order valence-corrected chi connectivity index (χ2v) is 5.89. The van der Waals surface area contributed by atoms with Crippen LogP contribution in [0.2, 0.25) is 0 Å². The summed E-state index contributed by atoms with van der Waals surface area (Å²) in [7, 11) is 1.65. The number of ether oxygens (including phenoxy) is 1. The first-order valence-corrected chi connectivity index (χ1v) is 7.80. The van der Waals surface area contributed by atoms with Crippen molar-refractivity contribution in [3.63, 3.8) is 0 Å². The lowest BCUT2D eigenvalue weighted by Crippen LogP contribution is -2.40. The molecule has 0 saturated heterocycles. The van der Waals surface area contributed by atoms with Crippen LogP contribution in [0.4, 0.5) is 0 Å². The van der Waals surface area contributed by atoms with Crippen LogP contribution in [0.15, 0.2) is 24.3 Å². The normalized spacial score (nSPS) is 23.4. The molecule has 1 saturated carbocycles. The zero-order valence-electron chi connectivity index (χ0n) is 13.0. The van der Waals surface area contributed by atoms with E-state index in [0.717, 1.165) is 30.6 Å². The Morgan fingerprint density at radius 3 is 2.62 bits per heavy atom. The molecule has 0 aromatic heterocycles. The van der Waals surface area contributed by atoms with E-state index < -0.39 is 0 Å². The van der Waals surface area contributed by atoms with Gasteiger partial charge in [-0.25, -0.2) is 0 Å². The second-order valence-electron chi connectivity index (χ2n) is 5.89. The number of amides is 1. The van der Waals surface area contributed by atoms with E-state index in [0.29, 0.717) is 12.5 Å². The summed E-state index contributed by atoms with van der Waals surface area (Å²) in [5.74, 6) is 1.38. The molecular weight excluding hydrogens is 264 g/mol. The Balaban J connectivity index is 1.97. The van der Waals surface area contributed by atoms with E-state index in [9.17, 15) is 4.79 Å². The van der Waals surface area contributed by atoms with Crippen molar-refractivity contribution in [2.45, 2.75) is 38.6 Å². The average Bonchev–Trinajstić information content (AvgIpc) is 2.54. The summed E-state index contributed by atoms with van der Waals surface area (Å²) in [6.45, 7) is 2.62. The van der Waals surface area contributed by atoms with Gasteiger partial charge in [-0.15, -0.1) is 0 Å². The number of nitrogens with one attached hydrogen (secondary N) is 1. The van der Waals surface area contributed by atoms with E-state index >= 15 is 0 Å². The van der Waals surface area contributed by atoms with Gasteiger partial charge < -0.3 is 15.8 Å². The molecule has 0 aliphatic heterocycles. The molecule has 1 fully saturated rings. The minimum atomic E-state index is 0.00348. The molecule has 0 heterocycles. The molecule has 116 valence electrons. The molecule has 3 N–H and O–H groups in total. The van der Waals surface area contributed by atoms with Gasteiger partial charge in [0, 0.05) is 5.92 Å².